The van der Waals surface area contributed by atoms with Gasteiger partial charge in [-0.3, -0.25) is 19.3 Å². The van der Waals surface area contributed by atoms with Crippen LogP contribution in [0.1, 0.15) is 48.5 Å². The molecule has 5 nitrogen and oxygen atoms in total. The summed E-state index contributed by atoms with van der Waals surface area (Å²) in [6.07, 6.45) is 0. The van der Waals surface area contributed by atoms with E-state index >= 15 is 0 Å². The largest absolute Gasteiger partial charge is 0.459 e. The normalized spacial score (nSPS) is 21.7. The number of ether oxygens (including phenoxy) is 1. The highest BCUT2D eigenvalue weighted by molar-refractivity contribution is 6.10. The van der Waals surface area contributed by atoms with E-state index in [1.807, 2.05) is 0 Å². The molecule has 0 N–H and O–H groups in total. The number of amides is 2. The number of rotatable bonds is 2. The van der Waals surface area contributed by atoms with Gasteiger partial charge in [-0.05, 0) is 48.5 Å². The Morgan fingerprint density at radius 3 is 1.74 bits per heavy atom. The Morgan fingerprint density at radius 2 is 1.42 bits per heavy atom. The Labute approximate surface area is 114 Å². The van der Waals surface area contributed by atoms with Crippen LogP contribution in [0.2, 0.25) is 0 Å². The average molecular weight is 269 g/mol. The third kappa shape index (κ3) is 2.65. The molecule has 2 amide bonds. The number of esters is 1. The maximum atomic E-state index is 12.3. The molecule has 0 spiro atoms. The van der Waals surface area contributed by atoms with Crippen molar-refractivity contribution in [2.45, 2.75) is 54.1 Å². The molecule has 0 atom stereocenters. The van der Waals surface area contributed by atoms with Crippen LogP contribution >= 0.6 is 0 Å². The zero-order valence-electron chi connectivity index (χ0n) is 12.8. The summed E-state index contributed by atoms with van der Waals surface area (Å²) in [7, 11) is 0. The van der Waals surface area contributed by atoms with E-state index in [0.29, 0.717) is 0 Å². The molecule has 0 aromatic heterocycles. The van der Waals surface area contributed by atoms with Crippen molar-refractivity contribution < 1.29 is 19.1 Å². The Hall–Kier alpha value is -1.39. The fourth-order valence-corrected chi connectivity index (χ4v) is 1.95. The Balaban J connectivity index is 2.90. The van der Waals surface area contributed by atoms with Crippen LogP contribution in [-0.4, -0.2) is 34.8 Å². The van der Waals surface area contributed by atoms with Gasteiger partial charge < -0.3 is 4.74 Å². The average Bonchev–Trinajstić information content (AvgIpc) is 2.29. The van der Waals surface area contributed by atoms with Crippen LogP contribution < -0.4 is 0 Å². The van der Waals surface area contributed by atoms with E-state index in [2.05, 4.69) is 0 Å². The standard InChI is InChI=1S/C14H23NO4/c1-12(2,3)19-9(16)8-15-10(17)13(4,5)14(6,7)11(15)18/h8H2,1-7H3. The number of likely N-dealkylation sites (tertiary alicyclic amines) is 1. The lowest BCUT2D eigenvalue weighted by Gasteiger charge is -2.28. The summed E-state index contributed by atoms with van der Waals surface area (Å²) < 4.78 is 5.15. The first-order valence-electron chi connectivity index (χ1n) is 6.39. The highest BCUT2D eigenvalue weighted by Gasteiger charge is 2.59. The number of imide groups is 1. The van der Waals surface area contributed by atoms with Crippen molar-refractivity contribution in [1.82, 2.24) is 4.90 Å². The lowest BCUT2D eigenvalue weighted by atomic mass is 9.70. The van der Waals surface area contributed by atoms with Gasteiger partial charge in [-0.25, -0.2) is 0 Å². The summed E-state index contributed by atoms with van der Waals surface area (Å²) in [5, 5.41) is 0. The molecule has 1 heterocycles. The van der Waals surface area contributed by atoms with Crippen LogP contribution in [0.4, 0.5) is 0 Å². The minimum Gasteiger partial charge on any atom is -0.459 e. The van der Waals surface area contributed by atoms with Gasteiger partial charge in [0.05, 0.1) is 10.8 Å². The van der Waals surface area contributed by atoms with E-state index in [0.717, 1.165) is 4.90 Å². The third-order valence-electron chi connectivity index (χ3n) is 3.83. The first kappa shape index (κ1) is 15.7. The number of carbonyl (C=O) groups is 3. The van der Waals surface area contributed by atoms with Crippen molar-refractivity contribution in [3.8, 4) is 0 Å². The van der Waals surface area contributed by atoms with Gasteiger partial charge in [0.25, 0.3) is 0 Å². The van der Waals surface area contributed by atoms with Crippen molar-refractivity contribution >= 4 is 17.8 Å². The molecular weight excluding hydrogens is 246 g/mol. The van der Waals surface area contributed by atoms with E-state index in [4.69, 9.17) is 4.74 Å². The second kappa shape index (κ2) is 4.32. The quantitative estimate of drug-likeness (QED) is 0.566. The topological polar surface area (TPSA) is 63.7 Å². The van der Waals surface area contributed by atoms with Crippen molar-refractivity contribution in [2.24, 2.45) is 10.8 Å². The Morgan fingerprint density at radius 1 is 1.05 bits per heavy atom. The molecule has 108 valence electrons. The molecule has 0 radical (unpaired) electrons. The maximum absolute atomic E-state index is 12.3. The number of hydrogen-bond donors (Lipinski definition) is 0. The summed E-state index contributed by atoms with van der Waals surface area (Å²) in [5.41, 5.74) is -2.26. The SMILES string of the molecule is CC(C)(C)OC(=O)CN1C(=O)C(C)(C)C(C)(C)C1=O. The minimum absolute atomic E-state index is 0.318. The molecular formula is C14H23NO4. The summed E-state index contributed by atoms with van der Waals surface area (Å²) in [5.74, 6) is -1.22. The molecule has 0 unspecified atom stereocenters. The first-order valence-corrected chi connectivity index (χ1v) is 6.39. The van der Waals surface area contributed by atoms with Gasteiger partial charge in [0.1, 0.15) is 12.1 Å². The lowest BCUT2D eigenvalue weighted by Crippen LogP contribution is -2.40. The molecule has 5 heteroatoms. The molecule has 0 aromatic rings. The molecule has 0 aliphatic carbocycles. The van der Waals surface area contributed by atoms with Crippen molar-refractivity contribution in [1.29, 1.82) is 0 Å². The fraction of sp³-hybridized carbons (Fsp3) is 0.786. The smallest absolute Gasteiger partial charge is 0.326 e. The van der Waals surface area contributed by atoms with Crippen LogP contribution in [0, 0.1) is 10.8 Å². The van der Waals surface area contributed by atoms with E-state index in [-0.39, 0.29) is 18.4 Å². The predicted molar refractivity (Wildman–Crippen MR) is 70.1 cm³/mol. The second-order valence-electron chi connectivity index (χ2n) is 7.03. The molecule has 0 aromatic carbocycles. The Kier molecular flexibility index (Phi) is 3.56. The van der Waals surface area contributed by atoms with Gasteiger partial charge in [-0.15, -0.1) is 0 Å². The van der Waals surface area contributed by atoms with Gasteiger partial charge in [0.2, 0.25) is 11.8 Å². The van der Waals surface area contributed by atoms with Crippen LogP contribution in [0.3, 0.4) is 0 Å². The number of carbonyl (C=O) groups excluding carboxylic acids is 3. The van der Waals surface area contributed by atoms with Crippen LogP contribution in [0.25, 0.3) is 0 Å². The Bertz CT molecular complexity index is 403. The van der Waals surface area contributed by atoms with Gasteiger partial charge in [-0.1, -0.05) is 0 Å². The van der Waals surface area contributed by atoms with E-state index < -0.39 is 22.4 Å². The van der Waals surface area contributed by atoms with Crippen LogP contribution in [0.15, 0.2) is 0 Å². The molecule has 1 fully saturated rings. The molecule has 19 heavy (non-hydrogen) atoms. The minimum atomic E-state index is -0.813. The van der Waals surface area contributed by atoms with Gasteiger partial charge >= 0.3 is 5.97 Å². The highest BCUT2D eigenvalue weighted by Crippen LogP contribution is 2.47. The summed E-state index contributed by atoms with van der Waals surface area (Å²) in [6.45, 7) is 11.8. The summed E-state index contributed by atoms with van der Waals surface area (Å²) in [6, 6.07) is 0. The number of hydrogen-bond acceptors (Lipinski definition) is 4. The van der Waals surface area contributed by atoms with E-state index in [9.17, 15) is 14.4 Å². The predicted octanol–water partition coefficient (Wildman–Crippen LogP) is 1.75. The first-order chi connectivity index (χ1) is 8.30. The van der Waals surface area contributed by atoms with Gasteiger partial charge in [0, 0.05) is 0 Å². The summed E-state index contributed by atoms with van der Waals surface area (Å²) in [4.78, 5) is 37.3. The van der Waals surface area contributed by atoms with Crippen molar-refractivity contribution in [3.63, 3.8) is 0 Å². The second-order valence-corrected chi connectivity index (χ2v) is 7.03. The number of nitrogens with zero attached hydrogens (tertiary/aromatic N) is 1. The molecule has 1 saturated heterocycles. The van der Waals surface area contributed by atoms with E-state index in [1.54, 1.807) is 48.5 Å². The van der Waals surface area contributed by atoms with Gasteiger partial charge in [0.15, 0.2) is 0 Å². The monoisotopic (exact) mass is 269 g/mol. The maximum Gasteiger partial charge on any atom is 0.326 e. The zero-order chi connectivity index (χ0) is 15.2. The molecule has 0 saturated carbocycles. The zero-order valence-corrected chi connectivity index (χ0v) is 12.8. The molecule has 1 aliphatic rings. The van der Waals surface area contributed by atoms with E-state index in [1.165, 1.54) is 0 Å². The molecule has 1 aliphatic heterocycles. The van der Waals surface area contributed by atoms with Crippen molar-refractivity contribution in [3.05, 3.63) is 0 Å². The molecule has 0 bridgehead atoms. The van der Waals surface area contributed by atoms with Crippen molar-refractivity contribution in [2.75, 3.05) is 6.54 Å². The van der Waals surface area contributed by atoms with Crippen LogP contribution in [-0.2, 0) is 19.1 Å². The summed E-state index contributed by atoms with van der Waals surface area (Å²) >= 11 is 0. The fourth-order valence-electron chi connectivity index (χ4n) is 1.95. The molecule has 1 rings (SSSR count). The highest BCUT2D eigenvalue weighted by atomic mass is 16.6. The lowest BCUT2D eigenvalue weighted by molar-refractivity contribution is -0.161. The van der Waals surface area contributed by atoms with Gasteiger partial charge in [-0.2, -0.15) is 0 Å². The van der Waals surface area contributed by atoms with Crippen LogP contribution in [0.5, 0.6) is 0 Å². The third-order valence-corrected chi connectivity index (χ3v) is 3.83.